The van der Waals surface area contributed by atoms with E-state index in [0.29, 0.717) is 26.2 Å². The number of hydrogen-bond acceptors (Lipinski definition) is 4. The van der Waals surface area contributed by atoms with E-state index in [9.17, 15) is 16.8 Å². The summed E-state index contributed by atoms with van der Waals surface area (Å²) in [6, 6.07) is 15.7. The normalized spacial score (nSPS) is 22.0. The molecule has 156 valence electrons. The molecule has 0 bridgehead atoms. The first-order valence-electron chi connectivity index (χ1n) is 10.0. The monoisotopic (exact) mass is 434 g/mol. The fourth-order valence-electron chi connectivity index (χ4n) is 4.17. The van der Waals surface area contributed by atoms with Crippen LogP contribution in [0.1, 0.15) is 37.2 Å². The summed E-state index contributed by atoms with van der Waals surface area (Å²) in [6.45, 7) is 1.98. The van der Waals surface area contributed by atoms with Crippen LogP contribution in [0.3, 0.4) is 0 Å². The van der Waals surface area contributed by atoms with Crippen LogP contribution in [-0.4, -0.2) is 51.6 Å². The highest BCUT2D eigenvalue weighted by molar-refractivity contribution is 7.89. The Kier molecular flexibility index (Phi) is 5.79. The highest BCUT2D eigenvalue weighted by Gasteiger charge is 2.32. The lowest BCUT2D eigenvalue weighted by Crippen LogP contribution is -2.39. The van der Waals surface area contributed by atoms with Gasteiger partial charge >= 0.3 is 0 Å². The molecule has 0 aromatic heterocycles. The second-order valence-electron chi connectivity index (χ2n) is 7.70. The van der Waals surface area contributed by atoms with Crippen molar-refractivity contribution < 1.29 is 16.8 Å². The van der Waals surface area contributed by atoms with Crippen LogP contribution < -0.4 is 0 Å². The van der Waals surface area contributed by atoms with Gasteiger partial charge in [-0.2, -0.15) is 8.61 Å². The molecule has 0 N–H and O–H groups in total. The van der Waals surface area contributed by atoms with Gasteiger partial charge in [-0.1, -0.05) is 30.3 Å². The van der Waals surface area contributed by atoms with Gasteiger partial charge in [-0.05, 0) is 61.4 Å². The first kappa shape index (κ1) is 20.5. The summed E-state index contributed by atoms with van der Waals surface area (Å²) in [5, 5.41) is 0. The van der Waals surface area contributed by atoms with Crippen LogP contribution in [0.15, 0.2) is 64.4 Å². The van der Waals surface area contributed by atoms with Crippen molar-refractivity contribution in [1.29, 1.82) is 0 Å². The third kappa shape index (κ3) is 4.12. The van der Waals surface area contributed by atoms with Crippen molar-refractivity contribution >= 4 is 20.0 Å². The van der Waals surface area contributed by atoms with E-state index in [1.807, 2.05) is 30.3 Å². The summed E-state index contributed by atoms with van der Waals surface area (Å²) in [7, 11) is -7.21. The molecule has 29 heavy (non-hydrogen) atoms. The van der Waals surface area contributed by atoms with Gasteiger partial charge in [-0.15, -0.1) is 0 Å². The number of sulfonamides is 2. The van der Waals surface area contributed by atoms with Crippen molar-refractivity contribution in [1.82, 2.24) is 8.61 Å². The van der Waals surface area contributed by atoms with Gasteiger partial charge in [-0.25, -0.2) is 16.8 Å². The standard InChI is InChI=1S/C21H26N2O4S2/c24-28(25,22-14-4-5-15-22)20-10-12-21(13-11-20)29(26,27)23-16-6-9-19(17-23)18-7-2-1-3-8-18/h1-3,7-8,10-13,19H,4-6,9,14-17H2. The summed E-state index contributed by atoms with van der Waals surface area (Å²) in [5.74, 6) is 0.176. The fraction of sp³-hybridized carbons (Fsp3) is 0.429. The van der Waals surface area contributed by atoms with Crippen LogP contribution in [-0.2, 0) is 20.0 Å². The van der Waals surface area contributed by atoms with Crippen molar-refractivity contribution in [3.63, 3.8) is 0 Å². The zero-order chi connectivity index (χ0) is 20.5. The van der Waals surface area contributed by atoms with Crippen LogP contribution >= 0.6 is 0 Å². The van der Waals surface area contributed by atoms with E-state index in [1.54, 1.807) is 0 Å². The molecule has 0 spiro atoms. The lowest BCUT2D eigenvalue weighted by atomic mass is 9.92. The maximum absolute atomic E-state index is 13.1. The molecule has 2 aliphatic rings. The molecule has 2 saturated heterocycles. The topological polar surface area (TPSA) is 74.8 Å². The Morgan fingerprint density at radius 2 is 1.17 bits per heavy atom. The van der Waals surface area contributed by atoms with Gasteiger partial charge in [0.15, 0.2) is 0 Å². The van der Waals surface area contributed by atoms with Crippen molar-refractivity contribution in [3.05, 3.63) is 60.2 Å². The van der Waals surface area contributed by atoms with Gasteiger partial charge in [0.1, 0.15) is 0 Å². The van der Waals surface area contributed by atoms with Crippen LogP contribution in [0.25, 0.3) is 0 Å². The summed E-state index contributed by atoms with van der Waals surface area (Å²) in [6.07, 6.45) is 3.50. The Morgan fingerprint density at radius 1 is 0.655 bits per heavy atom. The summed E-state index contributed by atoms with van der Waals surface area (Å²) in [4.78, 5) is 0.297. The van der Waals surface area contributed by atoms with Gasteiger partial charge < -0.3 is 0 Å². The van der Waals surface area contributed by atoms with Crippen molar-refractivity contribution in [2.45, 2.75) is 41.4 Å². The maximum atomic E-state index is 13.1. The molecule has 0 aliphatic carbocycles. The first-order chi connectivity index (χ1) is 13.9. The number of benzene rings is 2. The molecule has 0 saturated carbocycles. The molecule has 6 nitrogen and oxygen atoms in total. The predicted molar refractivity (Wildman–Crippen MR) is 112 cm³/mol. The molecule has 0 radical (unpaired) electrons. The molecule has 8 heteroatoms. The van der Waals surface area contributed by atoms with E-state index < -0.39 is 20.0 Å². The third-order valence-electron chi connectivity index (χ3n) is 5.82. The molecular formula is C21H26N2O4S2. The molecule has 4 rings (SSSR count). The number of hydrogen-bond donors (Lipinski definition) is 0. The molecule has 2 heterocycles. The Bertz CT molecular complexity index is 1050. The maximum Gasteiger partial charge on any atom is 0.243 e. The Labute approximate surface area is 173 Å². The minimum absolute atomic E-state index is 0.145. The first-order valence-corrected chi connectivity index (χ1v) is 12.9. The second kappa shape index (κ2) is 8.18. The minimum atomic E-state index is -3.66. The lowest BCUT2D eigenvalue weighted by Gasteiger charge is -2.32. The number of piperidine rings is 1. The molecule has 2 aromatic carbocycles. The summed E-state index contributed by atoms with van der Waals surface area (Å²) >= 11 is 0. The van der Waals surface area contributed by atoms with Gasteiger partial charge in [0.25, 0.3) is 0 Å². The van der Waals surface area contributed by atoms with Crippen LogP contribution in [0.4, 0.5) is 0 Å². The average molecular weight is 435 g/mol. The van der Waals surface area contributed by atoms with Gasteiger partial charge in [-0.3, -0.25) is 0 Å². The number of rotatable bonds is 5. The molecular weight excluding hydrogens is 408 g/mol. The van der Waals surface area contributed by atoms with Crippen molar-refractivity contribution in [3.8, 4) is 0 Å². The zero-order valence-corrected chi connectivity index (χ0v) is 17.9. The Hall–Kier alpha value is -1.74. The molecule has 2 aliphatic heterocycles. The SMILES string of the molecule is O=S(=O)(c1ccc(S(=O)(=O)N2CCCC(c3ccccc3)C2)cc1)N1CCCC1. The average Bonchev–Trinajstić information content (AvgIpc) is 3.30. The lowest BCUT2D eigenvalue weighted by molar-refractivity contribution is 0.315. The van der Waals surface area contributed by atoms with Gasteiger partial charge in [0.2, 0.25) is 20.0 Å². The molecule has 1 atom stereocenters. The van der Waals surface area contributed by atoms with E-state index in [0.717, 1.165) is 31.2 Å². The fourth-order valence-corrected chi connectivity index (χ4v) is 7.21. The van der Waals surface area contributed by atoms with Crippen LogP contribution in [0.2, 0.25) is 0 Å². The van der Waals surface area contributed by atoms with E-state index in [1.165, 1.54) is 32.9 Å². The summed E-state index contributed by atoms with van der Waals surface area (Å²) in [5.41, 5.74) is 1.15. The van der Waals surface area contributed by atoms with E-state index in [4.69, 9.17) is 0 Å². The largest absolute Gasteiger partial charge is 0.243 e. The quantitative estimate of drug-likeness (QED) is 0.725. The highest BCUT2D eigenvalue weighted by atomic mass is 32.2. The van der Waals surface area contributed by atoms with Gasteiger partial charge in [0.05, 0.1) is 9.79 Å². The smallest absolute Gasteiger partial charge is 0.207 e. The molecule has 1 unspecified atom stereocenters. The zero-order valence-electron chi connectivity index (χ0n) is 16.3. The second-order valence-corrected chi connectivity index (χ2v) is 11.6. The minimum Gasteiger partial charge on any atom is -0.207 e. The third-order valence-corrected chi connectivity index (χ3v) is 9.61. The van der Waals surface area contributed by atoms with Crippen LogP contribution in [0.5, 0.6) is 0 Å². The van der Waals surface area contributed by atoms with Crippen molar-refractivity contribution in [2.75, 3.05) is 26.2 Å². The van der Waals surface area contributed by atoms with E-state index >= 15 is 0 Å². The molecule has 0 amide bonds. The van der Waals surface area contributed by atoms with E-state index in [-0.39, 0.29) is 15.7 Å². The highest BCUT2D eigenvalue weighted by Crippen LogP contribution is 2.31. The Balaban J connectivity index is 1.54. The van der Waals surface area contributed by atoms with Crippen LogP contribution in [0, 0.1) is 0 Å². The van der Waals surface area contributed by atoms with E-state index in [2.05, 4.69) is 0 Å². The summed E-state index contributed by atoms with van der Waals surface area (Å²) < 4.78 is 54.6. The predicted octanol–water partition coefficient (Wildman–Crippen LogP) is 3.04. The van der Waals surface area contributed by atoms with Crippen molar-refractivity contribution in [2.24, 2.45) is 0 Å². The molecule has 2 aromatic rings. The number of nitrogens with zero attached hydrogens (tertiary/aromatic N) is 2. The van der Waals surface area contributed by atoms with Gasteiger partial charge in [0, 0.05) is 26.2 Å². The molecule has 2 fully saturated rings. The Morgan fingerprint density at radius 3 is 1.76 bits per heavy atom.